The zero-order valence-corrected chi connectivity index (χ0v) is 20.2. The monoisotopic (exact) mass is 451 g/mol. The second-order valence-corrected chi connectivity index (χ2v) is 12.3. The van der Waals surface area contributed by atoms with Crippen molar-refractivity contribution < 1.29 is 19.7 Å². The van der Waals surface area contributed by atoms with E-state index in [1.165, 1.54) is 22.2 Å². The molecule has 0 radical (unpaired) electrons. The van der Waals surface area contributed by atoms with Gasteiger partial charge in [0.05, 0.1) is 29.3 Å². The molecule has 2 heterocycles. The molecule has 3 fully saturated rings. The highest BCUT2D eigenvalue weighted by molar-refractivity contribution is 5.86. The number of hydrogen-bond acceptors (Lipinski definition) is 4. The van der Waals surface area contributed by atoms with Gasteiger partial charge in [-0.25, -0.2) is 0 Å². The minimum absolute atomic E-state index is 0.0395. The normalized spacial score (nSPS) is 44.6. The molecule has 5 nitrogen and oxygen atoms in total. The summed E-state index contributed by atoms with van der Waals surface area (Å²) in [6, 6.07) is 8.59. The standard InChI is InChI=1S/C28H37NO4/c1-25(2,32)23-14-21(31)28(15-30)20-10-9-16-13-18-17-7-5-6-8-19(17)29-24(18)27(16,4)26(20,3)12-11-22(28)33-23/h5-8,15-16,20-23,29,31-32H,9-14H2,1-4H3/t16-,20+,21-,22-,23-,26+,27+,28+/m0/s1. The van der Waals surface area contributed by atoms with Gasteiger partial charge in [-0.15, -0.1) is 0 Å². The number of hydrogen-bond donors (Lipinski definition) is 3. The van der Waals surface area contributed by atoms with Crippen LogP contribution >= 0.6 is 0 Å². The summed E-state index contributed by atoms with van der Waals surface area (Å²) in [5.74, 6) is 0.577. The summed E-state index contributed by atoms with van der Waals surface area (Å²) < 4.78 is 6.43. The quantitative estimate of drug-likeness (QED) is 0.595. The van der Waals surface area contributed by atoms with E-state index in [1.807, 2.05) is 0 Å². The number of aromatic nitrogens is 1. The van der Waals surface area contributed by atoms with Gasteiger partial charge < -0.3 is 24.7 Å². The summed E-state index contributed by atoms with van der Waals surface area (Å²) in [5.41, 5.74) is 1.80. The first-order valence-corrected chi connectivity index (χ1v) is 12.7. The molecular weight excluding hydrogens is 414 g/mol. The third-order valence-electron chi connectivity index (χ3n) is 10.8. The molecular formula is C28H37NO4. The summed E-state index contributed by atoms with van der Waals surface area (Å²) >= 11 is 0. The number of carbonyl (C=O) groups is 1. The summed E-state index contributed by atoms with van der Waals surface area (Å²) in [6.07, 6.45) is 4.45. The van der Waals surface area contributed by atoms with Crippen molar-refractivity contribution in [1.29, 1.82) is 0 Å². The molecule has 4 aliphatic rings. The number of rotatable bonds is 2. The summed E-state index contributed by atoms with van der Waals surface area (Å²) in [4.78, 5) is 16.8. The number of ether oxygens (including phenoxy) is 1. The highest BCUT2D eigenvalue weighted by Crippen LogP contribution is 2.71. The fraction of sp³-hybridized carbons (Fsp3) is 0.679. The van der Waals surface area contributed by atoms with Gasteiger partial charge in [0.25, 0.3) is 0 Å². The topological polar surface area (TPSA) is 82.5 Å². The van der Waals surface area contributed by atoms with E-state index in [0.717, 1.165) is 38.4 Å². The van der Waals surface area contributed by atoms with Gasteiger partial charge in [0.15, 0.2) is 0 Å². The predicted octanol–water partition coefficient (Wildman–Crippen LogP) is 4.28. The van der Waals surface area contributed by atoms with Gasteiger partial charge in [-0.2, -0.15) is 0 Å². The van der Waals surface area contributed by atoms with Crippen molar-refractivity contribution in [1.82, 2.24) is 4.98 Å². The number of nitrogens with one attached hydrogen (secondary N) is 1. The van der Waals surface area contributed by atoms with Gasteiger partial charge >= 0.3 is 0 Å². The Labute approximate surface area is 195 Å². The average molecular weight is 452 g/mol. The Hall–Kier alpha value is -1.69. The molecule has 2 aromatic rings. The lowest BCUT2D eigenvalue weighted by molar-refractivity contribution is -0.271. The summed E-state index contributed by atoms with van der Waals surface area (Å²) in [5, 5.41) is 23.5. The number of H-pyrrole nitrogens is 1. The summed E-state index contributed by atoms with van der Waals surface area (Å²) in [7, 11) is 0. The van der Waals surface area contributed by atoms with Crippen molar-refractivity contribution >= 4 is 17.2 Å². The Morgan fingerprint density at radius 1 is 1.18 bits per heavy atom. The van der Waals surface area contributed by atoms with E-state index < -0.39 is 23.2 Å². The Bertz CT molecular complexity index is 1120. The maximum atomic E-state index is 13.0. The number of aliphatic hydroxyl groups is 2. The number of para-hydroxylation sites is 1. The molecule has 5 heteroatoms. The van der Waals surface area contributed by atoms with Crippen LogP contribution in [0.5, 0.6) is 0 Å². The largest absolute Gasteiger partial charge is 0.392 e. The SMILES string of the molecule is CC(C)(O)[C@@H]1C[C@H](O)[C@]2(C=O)[C@H](CC[C@]3(C)[C@H]2CC[C@H]2Cc4c([nH]c5ccccc45)[C@@]23C)O1. The second kappa shape index (κ2) is 6.71. The van der Waals surface area contributed by atoms with Crippen LogP contribution in [0.4, 0.5) is 0 Å². The van der Waals surface area contributed by atoms with E-state index in [2.05, 4.69) is 43.1 Å². The van der Waals surface area contributed by atoms with E-state index in [1.54, 1.807) is 13.8 Å². The van der Waals surface area contributed by atoms with Gasteiger partial charge in [0, 0.05) is 28.4 Å². The van der Waals surface area contributed by atoms with Crippen LogP contribution in [-0.4, -0.2) is 45.4 Å². The number of aldehydes is 1. The molecule has 2 saturated carbocycles. The van der Waals surface area contributed by atoms with E-state index in [4.69, 9.17) is 4.74 Å². The molecule has 1 aromatic heterocycles. The molecule has 33 heavy (non-hydrogen) atoms. The Kier molecular flexibility index (Phi) is 4.43. The van der Waals surface area contributed by atoms with Crippen molar-refractivity contribution in [2.75, 3.05) is 0 Å². The lowest BCUT2D eigenvalue weighted by Gasteiger charge is -2.67. The molecule has 6 rings (SSSR count). The van der Waals surface area contributed by atoms with E-state index in [0.29, 0.717) is 12.3 Å². The molecule has 1 saturated heterocycles. The number of aromatic amines is 1. The van der Waals surface area contributed by atoms with Crippen LogP contribution < -0.4 is 0 Å². The number of fused-ring (bicyclic) bond motifs is 9. The second-order valence-electron chi connectivity index (χ2n) is 12.3. The smallest absolute Gasteiger partial charge is 0.131 e. The lowest BCUT2D eigenvalue weighted by atomic mass is 9.39. The maximum absolute atomic E-state index is 13.0. The predicted molar refractivity (Wildman–Crippen MR) is 127 cm³/mol. The first-order valence-electron chi connectivity index (χ1n) is 12.7. The van der Waals surface area contributed by atoms with Crippen molar-refractivity contribution in [3.05, 3.63) is 35.5 Å². The molecule has 3 aliphatic carbocycles. The van der Waals surface area contributed by atoms with Crippen LogP contribution in [0.1, 0.15) is 71.1 Å². The molecule has 0 amide bonds. The van der Waals surface area contributed by atoms with E-state index >= 15 is 0 Å². The van der Waals surface area contributed by atoms with Crippen LogP contribution in [0.3, 0.4) is 0 Å². The molecule has 0 unspecified atom stereocenters. The van der Waals surface area contributed by atoms with Crippen LogP contribution in [0.15, 0.2) is 24.3 Å². The van der Waals surface area contributed by atoms with Gasteiger partial charge in [-0.1, -0.05) is 32.0 Å². The Balaban J connectivity index is 1.47. The van der Waals surface area contributed by atoms with Crippen molar-refractivity contribution in [2.24, 2.45) is 22.7 Å². The van der Waals surface area contributed by atoms with Gasteiger partial charge in [-0.3, -0.25) is 0 Å². The molecule has 3 N–H and O–H groups in total. The highest BCUT2D eigenvalue weighted by Gasteiger charge is 2.71. The minimum Gasteiger partial charge on any atom is -0.392 e. The van der Waals surface area contributed by atoms with Crippen LogP contribution in [0.25, 0.3) is 10.9 Å². The molecule has 0 spiro atoms. The molecule has 178 valence electrons. The summed E-state index contributed by atoms with van der Waals surface area (Å²) in [6.45, 7) is 8.25. The fourth-order valence-corrected chi connectivity index (χ4v) is 8.83. The average Bonchev–Trinajstić information content (AvgIpc) is 3.28. The van der Waals surface area contributed by atoms with Gasteiger partial charge in [0.1, 0.15) is 6.29 Å². The molecule has 1 aromatic carbocycles. The maximum Gasteiger partial charge on any atom is 0.131 e. The number of benzene rings is 1. The van der Waals surface area contributed by atoms with Crippen LogP contribution in [-0.2, 0) is 21.4 Å². The van der Waals surface area contributed by atoms with Crippen molar-refractivity contribution in [3.63, 3.8) is 0 Å². The first-order chi connectivity index (χ1) is 15.6. The first kappa shape index (κ1) is 21.8. The fourth-order valence-electron chi connectivity index (χ4n) is 8.83. The van der Waals surface area contributed by atoms with E-state index in [9.17, 15) is 15.0 Å². The number of aliphatic hydroxyl groups excluding tert-OH is 1. The highest BCUT2D eigenvalue weighted by atomic mass is 16.5. The van der Waals surface area contributed by atoms with E-state index in [-0.39, 0.29) is 22.9 Å². The Morgan fingerprint density at radius 2 is 1.94 bits per heavy atom. The van der Waals surface area contributed by atoms with Crippen molar-refractivity contribution in [3.8, 4) is 0 Å². The zero-order chi connectivity index (χ0) is 23.4. The zero-order valence-electron chi connectivity index (χ0n) is 20.2. The molecule has 1 aliphatic heterocycles. The van der Waals surface area contributed by atoms with Crippen molar-refractivity contribution in [2.45, 2.75) is 95.5 Å². The van der Waals surface area contributed by atoms with Gasteiger partial charge in [-0.05, 0) is 74.8 Å². The minimum atomic E-state index is -1.05. The van der Waals surface area contributed by atoms with Crippen LogP contribution in [0, 0.1) is 22.7 Å². The Morgan fingerprint density at radius 3 is 2.67 bits per heavy atom. The van der Waals surface area contributed by atoms with Crippen LogP contribution in [0.2, 0.25) is 0 Å². The number of carbonyl (C=O) groups excluding carboxylic acids is 1. The third-order valence-corrected chi connectivity index (χ3v) is 10.8. The lowest BCUT2D eigenvalue weighted by Crippen LogP contribution is -2.70. The third kappa shape index (κ3) is 2.51. The molecule has 8 atom stereocenters. The molecule has 0 bridgehead atoms. The van der Waals surface area contributed by atoms with Gasteiger partial charge in [0.2, 0.25) is 0 Å².